The van der Waals surface area contributed by atoms with Crippen molar-refractivity contribution < 1.29 is 14.3 Å². The summed E-state index contributed by atoms with van der Waals surface area (Å²) < 4.78 is 11.1. The lowest BCUT2D eigenvalue weighted by Crippen LogP contribution is -2.12. The van der Waals surface area contributed by atoms with Crippen LogP contribution in [0.5, 0.6) is 11.5 Å². The van der Waals surface area contributed by atoms with Gasteiger partial charge in [-0.15, -0.1) is 0 Å². The summed E-state index contributed by atoms with van der Waals surface area (Å²) in [7, 11) is 0. The van der Waals surface area contributed by atoms with Gasteiger partial charge in [0.15, 0.2) is 11.5 Å². The molecule has 154 valence electrons. The number of amides is 1. The Morgan fingerprint density at radius 2 is 1.77 bits per heavy atom. The normalized spacial score (nSPS) is 12.2. The first-order chi connectivity index (χ1) is 15.0. The number of ether oxygens (including phenoxy) is 2. The molecule has 0 saturated heterocycles. The fraction of sp³-hybridized carbons (Fsp3) is 0.154. The zero-order valence-corrected chi connectivity index (χ0v) is 17.7. The molecule has 1 aliphatic rings. The van der Waals surface area contributed by atoms with Gasteiger partial charge in [0.25, 0.3) is 5.91 Å². The van der Waals surface area contributed by atoms with Crippen molar-refractivity contribution in [3.63, 3.8) is 0 Å². The Morgan fingerprint density at radius 3 is 2.58 bits per heavy atom. The zero-order chi connectivity index (χ0) is 21.5. The number of carbonyl (C=O) groups is 1. The second-order valence-electron chi connectivity index (χ2n) is 7.82. The highest BCUT2D eigenvalue weighted by Gasteiger charge is 2.21. The van der Waals surface area contributed by atoms with E-state index < -0.39 is 0 Å². The Kier molecular flexibility index (Phi) is 4.59. The number of fused-ring (bicyclic) bond motifs is 2. The number of aryl methyl sites for hydroxylation is 2. The van der Waals surface area contributed by atoms with Crippen molar-refractivity contribution >= 4 is 22.5 Å². The highest BCUT2D eigenvalue weighted by molar-refractivity contribution is 6.05. The van der Waals surface area contributed by atoms with Crippen LogP contribution in [-0.2, 0) is 0 Å². The molecule has 0 fully saturated rings. The molecule has 4 aromatic rings. The Labute approximate surface area is 180 Å². The molecule has 0 saturated carbocycles. The molecule has 1 aliphatic heterocycles. The van der Waals surface area contributed by atoms with Crippen molar-refractivity contribution in [1.82, 2.24) is 4.98 Å². The highest BCUT2D eigenvalue weighted by atomic mass is 16.7. The van der Waals surface area contributed by atoms with Crippen LogP contribution < -0.4 is 14.8 Å². The summed E-state index contributed by atoms with van der Waals surface area (Å²) in [5, 5.41) is 4.03. The second-order valence-corrected chi connectivity index (χ2v) is 7.82. The first-order valence-electron chi connectivity index (χ1n) is 10.2. The van der Waals surface area contributed by atoms with E-state index in [2.05, 4.69) is 16.4 Å². The highest BCUT2D eigenvalue weighted by Crippen LogP contribution is 2.42. The molecule has 5 heteroatoms. The molecule has 0 unspecified atom stereocenters. The van der Waals surface area contributed by atoms with Gasteiger partial charge in [-0.2, -0.15) is 0 Å². The molecule has 0 spiro atoms. The SMILES string of the molecule is Cc1cc(C(=O)Nc2ccc3cccnc3c2)cc(C)c1-c1ccc2c(c1C)OCO2. The van der Waals surface area contributed by atoms with Gasteiger partial charge in [-0.3, -0.25) is 9.78 Å². The fourth-order valence-corrected chi connectivity index (χ4v) is 4.25. The van der Waals surface area contributed by atoms with E-state index in [0.717, 1.165) is 55.9 Å². The summed E-state index contributed by atoms with van der Waals surface area (Å²) in [5.41, 5.74) is 7.51. The fourth-order valence-electron chi connectivity index (χ4n) is 4.25. The van der Waals surface area contributed by atoms with Crippen LogP contribution >= 0.6 is 0 Å². The summed E-state index contributed by atoms with van der Waals surface area (Å²) in [6.45, 7) is 6.35. The molecule has 5 nitrogen and oxygen atoms in total. The molecular formula is C26H22N2O3. The van der Waals surface area contributed by atoms with Gasteiger partial charge in [-0.25, -0.2) is 0 Å². The smallest absolute Gasteiger partial charge is 0.255 e. The summed E-state index contributed by atoms with van der Waals surface area (Å²) >= 11 is 0. The maximum Gasteiger partial charge on any atom is 0.255 e. The number of hydrogen-bond acceptors (Lipinski definition) is 4. The Balaban J connectivity index is 1.47. The monoisotopic (exact) mass is 410 g/mol. The van der Waals surface area contributed by atoms with Crippen LogP contribution in [-0.4, -0.2) is 17.7 Å². The van der Waals surface area contributed by atoms with E-state index in [1.165, 1.54) is 0 Å². The average Bonchev–Trinajstić information content (AvgIpc) is 3.24. The van der Waals surface area contributed by atoms with Crippen LogP contribution in [0.4, 0.5) is 5.69 Å². The van der Waals surface area contributed by atoms with E-state index in [1.807, 2.05) is 69.3 Å². The molecule has 1 aromatic heterocycles. The third-order valence-electron chi connectivity index (χ3n) is 5.72. The van der Waals surface area contributed by atoms with Crippen molar-refractivity contribution in [3.8, 4) is 22.6 Å². The summed E-state index contributed by atoms with van der Waals surface area (Å²) in [5.74, 6) is 1.43. The number of pyridine rings is 1. The average molecular weight is 410 g/mol. The second kappa shape index (κ2) is 7.43. The lowest BCUT2D eigenvalue weighted by molar-refractivity contribution is 0.102. The predicted octanol–water partition coefficient (Wildman–Crippen LogP) is 5.81. The lowest BCUT2D eigenvalue weighted by atomic mass is 9.90. The van der Waals surface area contributed by atoms with Crippen molar-refractivity contribution in [3.05, 3.63) is 83.0 Å². The maximum atomic E-state index is 13.0. The maximum absolute atomic E-state index is 13.0. The van der Waals surface area contributed by atoms with Gasteiger partial charge >= 0.3 is 0 Å². The van der Waals surface area contributed by atoms with E-state index >= 15 is 0 Å². The minimum atomic E-state index is -0.143. The summed E-state index contributed by atoms with van der Waals surface area (Å²) in [6.07, 6.45) is 1.75. The zero-order valence-electron chi connectivity index (χ0n) is 17.7. The van der Waals surface area contributed by atoms with Gasteiger partial charge in [-0.1, -0.05) is 18.2 Å². The van der Waals surface area contributed by atoms with Crippen molar-refractivity contribution in [2.24, 2.45) is 0 Å². The molecule has 3 aromatic carbocycles. The molecule has 0 atom stereocenters. The van der Waals surface area contributed by atoms with Gasteiger partial charge < -0.3 is 14.8 Å². The van der Waals surface area contributed by atoms with Gasteiger partial charge in [0, 0.05) is 28.4 Å². The molecule has 0 aliphatic carbocycles. The Bertz CT molecular complexity index is 1320. The third-order valence-corrected chi connectivity index (χ3v) is 5.72. The van der Waals surface area contributed by atoms with Gasteiger partial charge in [0.1, 0.15) is 0 Å². The number of nitrogens with one attached hydrogen (secondary N) is 1. The molecule has 0 radical (unpaired) electrons. The first-order valence-corrected chi connectivity index (χ1v) is 10.2. The lowest BCUT2D eigenvalue weighted by Gasteiger charge is -2.16. The molecule has 1 N–H and O–H groups in total. The molecular weight excluding hydrogens is 388 g/mol. The summed E-state index contributed by atoms with van der Waals surface area (Å²) in [4.78, 5) is 17.3. The largest absolute Gasteiger partial charge is 0.454 e. The van der Waals surface area contributed by atoms with Crippen molar-refractivity contribution in [2.45, 2.75) is 20.8 Å². The van der Waals surface area contributed by atoms with Gasteiger partial charge in [0.2, 0.25) is 6.79 Å². The quantitative estimate of drug-likeness (QED) is 0.463. The standard InChI is InChI=1S/C26H22N2O3/c1-15-11-19(26(29)28-20-7-6-18-5-4-10-27-22(18)13-20)12-16(2)24(15)21-8-9-23-25(17(21)3)31-14-30-23/h4-13H,14H2,1-3H3,(H,28,29). The molecule has 31 heavy (non-hydrogen) atoms. The van der Waals surface area contributed by atoms with Gasteiger partial charge in [0.05, 0.1) is 5.52 Å². The van der Waals surface area contributed by atoms with Crippen LogP contribution in [0.1, 0.15) is 27.0 Å². The van der Waals surface area contributed by atoms with E-state index in [4.69, 9.17) is 9.47 Å². The summed E-state index contributed by atoms with van der Waals surface area (Å²) in [6, 6.07) is 17.5. The topological polar surface area (TPSA) is 60.5 Å². The molecule has 2 heterocycles. The van der Waals surface area contributed by atoms with Crippen molar-refractivity contribution in [2.75, 3.05) is 12.1 Å². The number of hydrogen-bond donors (Lipinski definition) is 1. The van der Waals surface area contributed by atoms with Crippen LogP contribution in [0.25, 0.3) is 22.0 Å². The Morgan fingerprint density at radius 1 is 0.968 bits per heavy atom. The minimum absolute atomic E-state index is 0.143. The van der Waals surface area contributed by atoms with Gasteiger partial charge in [-0.05, 0) is 79.4 Å². The predicted molar refractivity (Wildman–Crippen MR) is 122 cm³/mol. The molecule has 0 bridgehead atoms. The van der Waals surface area contributed by atoms with Crippen LogP contribution in [0.3, 0.4) is 0 Å². The number of benzene rings is 3. The number of nitrogens with zero attached hydrogens (tertiary/aromatic N) is 1. The van der Waals surface area contributed by atoms with E-state index in [1.54, 1.807) is 6.20 Å². The van der Waals surface area contributed by atoms with Crippen LogP contribution in [0, 0.1) is 20.8 Å². The number of aromatic nitrogens is 1. The number of rotatable bonds is 3. The first kappa shape index (κ1) is 19.1. The van der Waals surface area contributed by atoms with E-state index in [0.29, 0.717) is 5.56 Å². The number of anilines is 1. The third kappa shape index (κ3) is 3.38. The van der Waals surface area contributed by atoms with E-state index in [9.17, 15) is 4.79 Å². The van der Waals surface area contributed by atoms with Crippen molar-refractivity contribution in [1.29, 1.82) is 0 Å². The number of carbonyl (C=O) groups excluding carboxylic acids is 1. The van der Waals surface area contributed by atoms with Crippen LogP contribution in [0.2, 0.25) is 0 Å². The van der Waals surface area contributed by atoms with E-state index in [-0.39, 0.29) is 12.7 Å². The van der Waals surface area contributed by atoms with Crippen LogP contribution in [0.15, 0.2) is 60.8 Å². The minimum Gasteiger partial charge on any atom is -0.454 e. The Hall–Kier alpha value is -3.86. The molecule has 1 amide bonds. The molecule has 5 rings (SSSR count).